The van der Waals surface area contributed by atoms with E-state index in [1.165, 1.54) is 19.6 Å². The number of fused-ring (bicyclic) bond motifs is 1. The summed E-state index contributed by atoms with van der Waals surface area (Å²) in [5.41, 5.74) is 0.247. The minimum absolute atomic E-state index is 0.0202. The lowest BCUT2D eigenvalue weighted by Crippen LogP contribution is -2.27. The van der Waals surface area contributed by atoms with Crippen LogP contribution in [0.5, 0.6) is 0 Å². The largest absolute Gasteiger partial charge is 0.463 e. The Morgan fingerprint density at radius 2 is 2.43 bits per heavy atom. The summed E-state index contributed by atoms with van der Waals surface area (Å²) in [4.78, 5) is 32.9. The molecule has 0 saturated carbocycles. The zero-order valence-electron chi connectivity index (χ0n) is 11.2. The van der Waals surface area contributed by atoms with Gasteiger partial charge < -0.3 is 19.6 Å². The number of nitrogens with one attached hydrogen (secondary N) is 1. The van der Waals surface area contributed by atoms with Crippen LogP contribution in [0.25, 0.3) is 11.2 Å². The van der Waals surface area contributed by atoms with Gasteiger partial charge in [-0.2, -0.15) is 0 Å². The van der Waals surface area contributed by atoms with Gasteiger partial charge in [0.15, 0.2) is 11.2 Å². The van der Waals surface area contributed by atoms with E-state index in [1.54, 1.807) is 4.57 Å². The van der Waals surface area contributed by atoms with Crippen LogP contribution in [0.4, 0.5) is 0 Å². The highest BCUT2D eigenvalue weighted by atomic mass is 16.6. The standard InChI is InChI=1S/C12H14N4O5/c1-6(17)20-3-8-7(18)2-9(21-8)16-5-15-10-11(16)13-4-14-12(10)19/h4-5,7-9,18H,2-3H2,1H3,(H,13,14,19). The number of hydrogen-bond donors (Lipinski definition) is 2. The molecule has 0 bridgehead atoms. The molecule has 112 valence electrons. The quantitative estimate of drug-likeness (QED) is 0.720. The molecule has 1 aliphatic heterocycles. The summed E-state index contributed by atoms with van der Waals surface area (Å²) in [6.07, 6.45) is 1.13. The van der Waals surface area contributed by atoms with Gasteiger partial charge in [0, 0.05) is 13.3 Å². The fourth-order valence-electron chi connectivity index (χ4n) is 2.31. The van der Waals surface area contributed by atoms with Crippen LogP contribution in [0.3, 0.4) is 0 Å². The van der Waals surface area contributed by atoms with Gasteiger partial charge >= 0.3 is 5.97 Å². The van der Waals surface area contributed by atoms with Crippen molar-refractivity contribution in [1.82, 2.24) is 19.5 Å². The molecule has 21 heavy (non-hydrogen) atoms. The second-order valence-electron chi connectivity index (χ2n) is 4.79. The first kappa shape index (κ1) is 13.7. The fraction of sp³-hybridized carbons (Fsp3) is 0.500. The van der Waals surface area contributed by atoms with E-state index in [1.807, 2.05) is 0 Å². The molecule has 1 fully saturated rings. The average Bonchev–Trinajstić information content (AvgIpc) is 3.01. The number of nitrogens with zero attached hydrogens (tertiary/aromatic N) is 3. The molecule has 3 atom stereocenters. The number of carbonyl (C=O) groups is 1. The molecule has 0 aliphatic carbocycles. The fourth-order valence-corrected chi connectivity index (χ4v) is 2.31. The lowest BCUT2D eigenvalue weighted by Gasteiger charge is -2.15. The van der Waals surface area contributed by atoms with Gasteiger partial charge in [-0.05, 0) is 0 Å². The third-order valence-electron chi connectivity index (χ3n) is 3.33. The Morgan fingerprint density at radius 3 is 3.19 bits per heavy atom. The maximum Gasteiger partial charge on any atom is 0.302 e. The molecule has 3 heterocycles. The van der Waals surface area contributed by atoms with Crippen molar-refractivity contribution < 1.29 is 19.4 Å². The van der Waals surface area contributed by atoms with E-state index in [0.717, 1.165) is 0 Å². The van der Waals surface area contributed by atoms with Gasteiger partial charge in [0.05, 0.1) is 18.8 Å². The number of imidazole rings is 1. The minimum atomic E-state index is -0.770. The summed E-state index contributed by atoms with van der Waals surface area (Å²) in [7, 11) is 0. The number of ether oxygens (including phenoxy) is 2. The van der Waals surface area contributed by atoms with Crippen molar-refractivity contribution in [3.05, 3.63) is 23.0 Å². The van der Waals surface area contributed by atoms with Crippen molar-refractivity contribution >= 4 is 17.1 Å². The predicted molar refractivity (Wildman–Crippen MR) is 69.3 cm³/mol. The number of hydrogen-bond acceptors (Lipinski definition) is 7. The molecule has 0 aromatic carbocycles. The Morgan fingerprint density at radius 1 is 1.62 bits per heavy atom. The monoisotopic (exact) mass is 294 g/mol. The van der Waals surface area contributed by atoms with Crippen LogP contribution in [0, 0.1) is 0 Å². The number of aliphatic hydroxyl groups is 1. The first-order valence-corrected chi connectivity index (χ1v) is 6.43. The predicted octanol–water partition coefficient (Wildman–Crippen LogP) is -0.669. The number of carbonyl (C=O) groups excluding carboxylic acids is 1. The number of aromatic amines is 1. The normalized spacial score (nSPS) is 25.3. The first-order chi connectivity index (χ1) is 10.1. The summed E-state index contributed by atoms with van der Waals surface area (Å²) < 4.78 is 12.1. The number of esters is 1. The molecule has 2 aromatic heterocycles. The van der Waals surface area contributed by atoms with Gasteiger partial charge in [0.1, 0.15) is 18.9 Å². The van der Waals surface area contributed by atoms with Crippen LogP contribution in [0.2, 0.25) is 0 Å². The van der Waals surface area contributed by atoms with Crippen LogP contribution >= 0.6 is 0 Å². The Kier molecular flexibility index (Phi) is 3.43. The van der Waals surface area contributed by atoms with E-state index in [0.29, 0.717) is 12.1 Å². The highest BCUT2D eigenvalue weighted by Crippen LogP contribution is 2.30. The van der Waals surface area contributed by atoms with Crippen LogP contribution in [0.1, 0.15) is 19.6 Å². The van der Waals surface area contributed by atoms with E-state index in [2.05, 4.69) is 15.0 Å². The van der Waals surface area contributed by atoms with Crippen LogP contribution < -0.4 is 5.56 Å². The number of rotatable bonds is 3. The van der Waals surface area contributed by atoms with Crippen molar-refractivity contribution in [1.29, 1.82) is 0 Å². The van der Waals surface area contributed by atoms with Gasteiger partial charge in [-0.1, -0.05) is 0 Å². The van der Waals surface area contributed by atoms with Crippen LogP contribution in [-0.2, 0) is 14.3 Å². The second kappa shape index (κ2) is 5.26. The van der Waals surface area contributed by atoms with Crippen molar-refractivity contribution in [3.8, 4) is 0 Å². The number of aromatic nitrogens is 4. The Balaban J connectivity index is 1.82. The van der Waals surface area contributed by atoms with Crippen molar-refractivity contribution in [2.24, 2.45) is 0 Å². The topological polar surface area (TPSA) is 119 Å². The van der Waals surface area contributed by atoms with E-state index < -0.39 is 24.4 Å². The minimum Gasteiger partial charge on any atom is -0.463 e. The smallest absolute Gasteiger partial charge is 0.302 e. The summed E-state index contributed by atoms with van der Waals surface area (Å²) in [6.45, 7) is 1.27. The molecule has 3 unspecified atom stereocenters. The van der Waals surface area contributed by atoms with Gasteiger partial charge in [-0.15, -0.1) is 0 Å². The summed E-state index contributed by atoms with van der Waals surface area (Å²) in [6, 6.07) is 0. The average molecular weight is 294 g/mol. The summed E-state index contributed by atoms with van der Waals surface area (Å²) in [5, 5.41) is 9.96. The SMILES string of the molecule is CC(=O)OCC1OC(n2cnc3c(=O)[nH]cnc32)CC1O. The highest BCUT2D eigenvalue weighted by Gasteiger charge is 2.36. The maximum atomic E-state index is 11.6. The molecule has 0 spiro atoms. The molecular weight excluding hydrogens is 280 g/mol. The van der Waals surface area contributed by atoms with Gasteiger partial charge in [-0.3, -0.25) is 14.2 Å². The Hall–Kier alpha value is -2.26. The third kappa shape index (κ3) is 2.52. The number of H-pyrrole nitrogens is 1. The number of aliphatic hydroxyl groups excluding tert-OH is 1. The molecule has 9 heteroatoms. The first-order valence-electron chi connectivity index (χ1n) is 6.43. The van der Waals surface area contributed by atoms with Crippen molar-refractivity contribution in [3.63, 3.8) is 0 Å². The molecule has 2 N–H and O–H groups in total. The van der Waals surface area contributed by atoms with Crippen LogP contribution in [0.15, 0.2) is 17.4 Å². The molecule has 9 nitrogen and oxygen atoms in total. The molecule has 3 rings (SSSR count). The van der Waals surface area contributed by atoms with Crippen LogP contribution in [-0.4, -0.2) is 49.4 Å². The lowest BCUT2D eigenvalue weighted by atomic mass is 10.2. The lowest BCUT2D eigenvalue weighted by molar-refractivity contribution is -0.147. The van der Waals surface area contributed by atoms with E-state index in [9.17, 15) is 14.7 Å². The molecule has 2 aromatic rings. The van der Waals surface area contributed by atoms with E-state index >= 15 is 0 Å². The summed E-state index contributed by atoms with van der Waals surface area (Å²) >= 11 is 0. The van der Waals surface area contributed by atoms with Gasteiger partial charge in [0.2, 0.25) is 0 Å². The molecular formula is C12H14N4O5. The van der Waals surface area contributed by atoms with Gasteiger partial charge in [-0.25, -0.2) is 9.97 Å². The van der Waals surface area contributed by atoms with Crippen molar-refractivity contribution in [2.75, 3.05) is 6.61 Å². The Bertz CT molecular complexity index is 724. The van der Waals surface area contributed by atoms with Crippen molar-refractivity contribution in [2.45, 2.75) is 31.8 Å². The third-order valence-corrected chi connectivity index (χ3v) is 3.33. The Labute approximate surface area is 118 Å². The van der Waals surface area contributed by atoms with Gasteiger partial charge in [0.25, 0.3) is 5.56 Å². The maximum absolute atomic E-state index is 11.6. The zero-order valence-corrected chi connectivity index (χ0v) is 11.2. The van der Waals surface area contributed by atoms with E-state index in [-0.39, 0.29) is 17.7 Å². The second-order valence-corrected chi connectivity index (χ2v) is 4.79. The zero-order chi connectivity index (χ0) is 15.0. The molecule has 1 saturated heterocycles. The molecule has 0 radical (unpaired) electrons. The van der Waals surface area contributed by atoms with E-state index in [4.69, 9.17) is 9.47 Å². The molecule has 1 aliphatic rings. The summed E-state index contributed by atoms with van der Waals surface area (Å²) in [5.74, 6) is -0.435. The molecule has 0 amide bonds. The highest BCUT2D eigenvalue weighted by molar-refractivity contribution is 5.68.